The van der Waals surface area contributed by atoms with Crippen LogP contribution in [0.5, 0.6) is 0 Å². The fraction of sp³-hybridized carbons (Fsp3) is 0.167. The minimum absolute atomic E-state index is 0.0461. The van der Waals surface area contributed by atoms with Crippen LogP contribution in [0.1, 0.15) is 21.5 Å². The maximum Gasteiger partial charge on any atom is 0.274 e. The zero-order valence-electron chi connectivity index (χ0n) is 15.1. The van der Waals surface area contributed by atoms with Crippen LogP contribution in [0, 0.1) is 0 Å². The standard InChI is InChI=1S/C18H19N5O4S/c1-22-12-17(20-13-22)28(26,27)23(11-15-3-2-8-19-9-15)10-14-4-6-16(7-5-14)18(24)21-25/h2-9,12-13,25H,10-11H2,1H3,(H,21,24). The van der Waals surface area contributed by atoms with E-state index in [1.165, 1.54) is 29.0 Å². The van der Waals surface area contributed by atoms with Crippen LogP contribution < -0.4 is 5.48 Å². The van der Waals surface area contributed by atoms with E-state index in [1.54, 1.807) is 53.8 Å². The Bertz CT molecular complexity index is 1050. The van der Waals surface area contributed by atoms with Gasteiger partial charge in [0.2, 0.25) is 0 Å². The highest BCUT2D eigenvalue weighted by atomic mass is 32.2. The Morgan fingerprint density at radius 3 is 2.46 bits per heavy atom. The van der Waals surface area contributed by atoms with Crippen molar-refractivity contribution in [3.8, 4) is 0 Å². The number of hydrogen-bond donors (Lipinski definition) is 2. The summed E-state index contributed by atoms with van der Waals surface area (Å²) in [5, 5.41) is 8.65. The normalized spacial score (nSPS) is 11.5. The van der Waals surface area contributed by atoms with E-state index in [9.17, 15) is 13.2 Å². The Morgan fingerprint density at radius 1 is 1.18 bits per heavy atom. The molecule has 0 aliphatic rings. The Morgan fingerprint density at radius 2 is 1.89 bits per heavy atom. The van der Waals surface area contributed by atoms with Gasteiger partial charge in [0.05, 0.1) is 6.33 Å². The van der Waals surface area contributed by atoms with Crippen molar-refractivity contribution in [3.63, 3.8) is 0 Å². The van der Waals surface area contributed by atoms with Crippen LogP contribution >= 0.6 is 0 Å². The van der Waals surface area contributed by atoms with Crippen molar-refractivity contribution >= 4 is 15.9 Å². The SMILES string of the molecule is Cn1cnc(S(=O)(=O)N(Cc2ccc(C(=O)NO)cc2)Cc2cccnc2)c1. The van der Waals surface area contributed by atoms with E-state index in [2.05, 4.69) is 9.97 Å². The first-order chi connectivity index (χ1) is 13.4. The third-order valence-corrected chi connectivity index (χ3v) is 5.72. The Kier molecular flexibility index (Phi) is 5.83. The third kappa shape index (κ3) is 4.42. The molecule has 0 radical (unpaired) electrons. The Balaban J connectivity index is 1.91. The first-order valence-electron chi connectivity index (χ1n) is 8.30. The Hall–Kier alpha value is -3.08. The van der Waals surface area contributed by atoms with E-state index in [0.717, 1.165) is 5.56 Å². The third-order valence-electron chi connectivity index (χ3n) is 4.04. The zero-order chi connectivity index (χ0) is 20.1. The second-order valence-electron chi connectivity index (χ2n) is 6.15. The van der Waals surface area contributed by atoms with Crippen molar-refractivity contribution in [2.24, 2.45) is 7.05 Å². The second kappa shape index (κ2) is 8.30. The number of pyridine rings is 1. The summed E-state index contributed by atoms with van der Waals surface area (Å²) in [7, 11) is -2.16. The molecule has 0 saturated carbocycles. The summed E-state index contributed by atoms with van der Waals surface area (Å²) in [4.78, 5) is 19.5. The molecule has 2 heterocycles. The van der Waals surface area contributed by atoms with Gasteiger partial charge in [-0.15, -0.1) is 0 Å². The lowest BCUT2D eigenvalue weighted by Crippen LogP contribution is -2.30. The number of sulfonamides is 1. The quantitative estimate of drug-likeness (QED) is 0.456. The van der Waals surface area contributed by atoms with Gasteiger partial charge in [0.25, 0.3) is 15.9 Å². The number of nitrogens with zero attached hydrogens (tertiary/aromatic N) is 4. The van der Waals surface area contributed by atoms with Gasteiger partial charge < -0.3 is 4.57 Å². The summed E-state index contributed by atoms with van der Waals surface area (Å²) in [6.45, 7) is 0.195. The molecule has 2 N–H and O–H groups in total. The molecule has 0 bridgehead atoms. The lowest BCUT2D eigenvalue weighted by Gasteiger charge is -2.21. The fourth-order valence-corrected chi connectivity index (χ4v) is 3.99. The first kappa shape index (κ1) is 19.7. The van der Waals surface area contributed by atoms with E-state index < -0.39 is 15.9 Å². The number of amides is 1. The van der Waals surface area contributed by atoms with Gasteiger partial charge in [-0.05, 0) is 29.3 Å². The van der Waals surface area contributed by atoms with Crippen LogP contribution in [-0.4, -0.2) is 38.4 Å². The van der Waals surface area contributed by atoms with E-state index in [4.69, 9.17) is 5.21 Å². The van der Waals surface area contributed by atoms with Gasteiger partial charge >= 0.3 is 0 Å². The molecule has 0 aliphatic heterocycles. The van der Waals surface area contributed by atoms with Crippen molar-refractivity contribution in [2.45, 2.75) is 18.1 Å². The summed E-state index contributed by atoms with van der Waals surface area (Å²) in [6.07, 6.45) is 6.10. The van der Waals surface area contributed by atoms with E-state index in [1.807, 2.05) is 0 Å². The molecule has 10 heteroatoms. The molecular weight excluding hydrogens is 382 g/mol. The summed E-state index contributed by atoms with van der Waals surface area (Å²) in [5.41, 5.74) is 3.23. The maximum atomic E-state index is 13.1. The fourth-order valence-electron chi connectivity index (χ4n) is 2.61. The predicted molar refractivity (Wildman–Crippen MR) is 99.6 cm³/mol. The number of aromatic nitrogens is 3. The van der Waals surface area contributed by atoms with Crippen LogP contribution in [0.2, 0.25) is 0 Å². The van der Waals surface area contributed by atoms with E-state index >= 15 is 0 Å². The summed E-state index contributed by atoms with van der Waals surface area (Å²) >= 11 is 0. The van der Waals surface area contributed by atoms with Gasteiger partial charge in [-0.3, -0.25) is 15.0 Å². The molecular formula is C18H19N5O4S. The monoisotopic (exact) mass is 401 g/mol. The Labute approximate surface area is 162 Å². The number of rotatable bonds is 7. The highest BCUT2D eigenvalue weighted by Crippen LogP contribution is 2.20. The average Bonchev–Trinajstić information content (AvgIpc) is 3.15. The average molecular weight is 401 g/mol. The van der Waals surface area contributed by atoms with Gasteiger partial charge in [-0.25, -0.2) is 18.9 Å². The van der Waals surface area contributed by atoms with E-state index in [-0.39, 0.29) is 23.7 Å². The van der Waals surface area contributed by atoms with Gasteiger partial charge in [0, 0.05) is 44.3 Å². The number of imidazole rings is 1. The summed E-state index contributed by atoms with van der Waals surface area (Å²) < 4.78 is 29.1. The molecule has 0 fully saturated rings. The molecule has 0 unspecified atom stereocenters. The smallest absolute Gasteiger partial charge is 0.274 e. The van der Waals surface area contributed by atoms with Crippen molar-refractivity contribution in [1.29, 1.82) is 0 Å². The zero-order valence-corrected chi connectivity index (χ0v) is 15.9. The molecule has 28 heavy (non-hydrogen) atoms. The highest BCUT2D eigenvalue weighted by molar-refractivity contribution is 7.89. The van der Waals surface area contributed by atoms with Gasteiger partial charge in [-0.1, -0.05) is 18.2 Å². The highest BCUT2D eigenvalue weighted by Gasteiger charge is 2.27. The van der Waals surface area contributed by atoms with Crippen LogP contribution in [0.3, 0.4) is 0 Å². The number of hydrogen-bond acceptors (Lipinski definition) is 6. The molecule has 3 rings (SSSR count). The number of aryl methyl sites for hydroxylation is 1. The van der Waals surface area contributed by atoms with Crippen molar-refractivity contribution < 1.29 is 18.4 Å². The number of hydroxylamine groups is 1. The summed E-state index contributed by atoms with van der Waals surface area (Å²) in [5.74, 6) is -0.639. The topological polar surface area (TPSA) is 117 Å². The molecule has 0 aliphatic carbocycles. The minimum Gasteiger partial charge on any atom is -0.339 e. The number of carbonyl (C=O) groups excluding carboxylic acids is 1. The van der Waals surface area contributed by atoms with Crippen molar-refractivity contribution in [2.75, 3.05) is 0 Å². The molecule has 9 nitrogen and oxygen atoms in total. The first-order valence-corrected chi connectivity index (χ1v) is 9.74. The van der Waals surface area contributed by atoms with Crippen LogP contribution in [-0.2, 0) is 30.2 Å². The molecule has 146 valence electrons. The van der Waals surface area contributed by atoms with E-state index in [0.29, 0.717) is 5.56 Å². The van der Waals surface area contributed by atoms with Crippen LogP contribution in [0.4, 0.5) is 0 Å². The molecule has 0 spiro atoms. The van der Waals surface area contributed by atoms with Gasteiger partial charge in [-0.2, -0.15) is 4.31 Å². The molecule has 0 saturated heterocycles. The van der Waals surface area contributed by atoms with Gasteiger partial charge in [0.1, 0.15) is 0 Å². The lowest BCUT2D eigenvalue weighted by molar-refractivity contribution is 0.0706. The maximum absolute atomic E-state index is 13.1. The second-order valence-corrected chi connectivity index (χ2v) is 8.03. The number of benzene rings is 1. The molecule has 1 amide bonds. The largest absolute Gasteiger partial charge is 0.339 e. The molecule has 1 aromatic carbocycles. The van der Waals surface area contributed by atoms with Crippen LogP contribution in [0.15, 0.2) is 66.3 Å². The van der Waals surface area contributed by atoms with Crippen molar-refractivity contribution in [1.82, 2.24) is 24.3 Å². The van der Waals surface area contributed by atoms with Crippen molar-refractivity contribution in [3.05, 3.63) is 78.0 Å². The van der Waals surface area contributed by atoms with Gasteiger partial charge in [0.15, 0.2) is 5.03 Å². The predicted octanol–water partition coefficient (Wildman–Crippen LogP) is 1.33. The molecule has 2 aromatic heterocycles. The van der Waals surface area contributed by atoms with Crippen LogP contribution in [0.25, 0.3) is 0 Å². The minimum atomic E-state index is -3.85. The lowest BCUT2D eigenvalue weighted by atomic mass is 10.1. The molecule has 3 aromatic rings. The molecule has 0 atom stereocenters. The number of nitrogens with one attached hydrogen (secondary N) is 1. The number of carbonyl (C=O) groups is 1. The summed E-state index contributed by atoms with van der Waals surface area (Å²) in [6, 6.07) is 9.82.